The van der Waals surface area contributed by atoms with Crippen molar-refractivity contribution >= 4 is 47.2 Å². The second-order valence-corrected chi connectivity index (χ2v) is 5.93. The zero-order valence-electron chi connectivity index (χ0n) is 10.8. The highest BCUT2D eigenvalue weighted by Gasteiger charge is 2.30. The first-order valence-corrected chi connectivity index (χ1v) is 7.52. The molecule has 1 atom stereocenters. The van der Waals surface area contributed by atoms with Crippen LogP contribution in [0, 0.1) is 0 Å². The van der Waals surface area contributed by atoms with Crippen molar-refractivity contribution < 1.29 is 5.11 Å². The standard InChI is InChI=1S/C15H12Cl2N2OS/c16-10-3-1-9(2-4-10)13-14(20)19(15(21)18-13)12-7-5-11(17)6-8-12/h1-8,15,18,20-21H. The van der Waals surface area contributed by atoms with Gasteiger partial charge >= 0.3 is 0 Å². The van der Waals surface area contributed by atoms with Crippen molar-refractivity contribution in [2.24, 2.45) is 0 Å². The molecule has 108 valence electrons. The third kappa shape index (κ3) is 2.79. The molecule has 2 aromatic carbocycles. The lowest BCUT2D eigenvalue weighted by Crippen LogP contribution is -2.32. The Morgan fingerprint density at radius 1 is 0.952 bits per heavy atom. The molecule has 0 saturated carbocycles. The third-order valence-electron chi connectivity index (χ3n) is 3.21. The second-order valence-electron chi connectivity index (χ2n) is 4.57. The molecule has 2 N–H and O–H groups in total. The number of hydrogen-bond donors (Lipinski definition) is 3. The largest absolute Gasteiger partial charge is 0.493 e. The Balaban J connectivity index is 1.99. The van der Waals surface area contributed by atoms with E-state index in [0.29, 0.717) is 15.7 Å². The fraction of sp³-hybridized carbons (Fsp3) is 0.0667. The normalized spacial score (nSPS) is 18.0. The fourth-order valence-electron chi connectivity index (χ4n) is 2.19. The van der Waals surface area contributed by atoms with Crippen LogP contribution in [0.2, 0.25) is 10.0 Å². The number of aliphatic hydroxyl groups is 1. The van der Waals surface area contributed by atoms with E-state index in [1.54, 1.807) is 29.2 Å². The van der Waals surface area contributed by atoms with Gasteiger partial charge in [-0.25, -0.2) is 0 Å². The highest BCUT2D eigenvalue weighted by molar-refractivity contribution is 7.81. The van der Waals surface area contributed by atoms with E-state index < -0.39 is 0 Å². The molecule has 3 rings (SSSR count). The van der Waals surface area contributed by atoms with Crippen molar-refractivity contribution in [3.8, 4) is 0 Å². The molecule has 0 saturated heterocycles. The molecule has 1 unspecified atom stereocenters. The molecule has 1 heterocycles. The van der Waals surface area contributed by atoms with Crippen LogP contribution < -0.4 is 10.2 Å². The summed E-state index contributed by atoms with van der Waals surface area (Å²) >= 11 is 16.2. The zero-order valence-corrected chi connectivity index (χ0v) is 13.2. The van der Waals surface area contributed by atoms with Gasteiger partial charge in [-0.05, 0) is 36.4 Å². The molecule has 0 radical (unpaired) electrons. The summed E-state index contributed by atoms with van der Waals surface area (Å²) in [7, 11) is 0. The lowest BCUT2D eigenvalue weighted by atomic mass is 10.1. The fourth-order valence-corrected chi connectivity index (χ4v) is 2.81. The number of rotatable bonds is 2. The van der Waals surface area contributed by atoms with E-state index in [0.717, 1.165) is 11.3 Å². The second kappa shape index (κ2) is 5.72. The smallest absolute Gasteiger partial charge is 0.218 e. The Labute approximate surface area is 138 Å². The molecular weight excluding hydrogens is 327 g/mol. The van der Waals surface area contributed by atoms with Crippen LogP contribution in [-0.4, -0.2) is 10.6 Å². The number of benzene rings is 2. The summed E-state index contributed by atoms with van der Waals surface area (Å²) in [4.78, 5) is 1.68. The maximum Gasteiger partial charge on any atom is 0.218 e. The van der Waals surface area contributed by atoms with Gasteiger partial charge in [0.2, 0.25) is 5.88 Å². The van der Waals surface area contributed by atoms with Crippen LogP contribution in [0.15, 0.2) is 54.4 Å². The van der Waals surface area contributed by atoms with Gasteiger partial charge in [0.1, 0.15) is 5.70 Å². The van der Waals surface area contributed by atoms with Crippen molar-refractivity contribution in [1.82, 2.24) is 5.32 Å². The number of nitrogens with zero attached hydrogens (tertiary/aromatic N) is 1. The maximum absolute atomic E-state index is 10.5. The molecule has 3 nitrogen and oxygen atoms in total. The summed E-state index contributed by atoms with van der Waals surface area (Å²) in [6.45, 7) is 0. The first-order chi connectivity index (χ1) is 10.1. The van der Waals surface area contributed by atoms with E-state index in [4.69, 9.17) is 23.2 Å². The first-order valence-electron chi connectivity index (χ1n) is 6.25. The molecule has 21 heavy (non-hydrogen) atoms. The Hall–Kier alpha value is -1.49. The van der Waals surface area contributed by atoms with Crippen LogP contribution in [0.1, 0.15) is 5.56 Å². The third-order valence-corrected chi connectivity index (χ3v) is 4.07. The molecule has 0 aromatic heterocycles. The average Bonchev–Trinajstić information content (AvgIpc) is 2.76. The van der Waals surface area contributed by atoms with E-state index in [2.05, 4.69) is 17.9 Å². The highest BCUT2D eigenvalue weighted by atomic mass is 35.5. The van der Waals surface area contributed by atoms with Gasteiger partial charge in [0.05, 0.1) is 0 Å². The zero-order chi connectivity index (χ0) is 15.0. The van der Waals surface area contributed by atoms with Crippen molar-refractivity contribution in [1.29, 1.82) is 0 Å². The van der Waals surface area contributed by atoms with Crippen LogP contribution in [0.4, 0.5) is 5.69 Å². The minimum absolute atomic E-state index is 0.111. The van der Waals surface area contributed by atoms with E-state index >= 15 is 0 Å². The molecule has 0 fully saturated rings. The number of aliphatic hydroxyl groups excluding tert-OH is 1. The minimum Gasteiger partial charge on any atom is -0.493 e. The summed E-state index contributed by atoms with van der Waals surface area (Å²) in [6.07, 6.45) is 0. The van der Waals surface area contributed by atoms with E-state index in [1.165, 1.54) is 0 Å². The van der Waals surface area contributed by atoms with Gasteiger partial charge < -0.3 is 10.4 Å². The van der Waals surface area contributed by atoms with Gasteiger partial charge in [-0.2, -0.15) is 0 Å². The molecule has 0 bridgehead atoms. The van der Waals surface area contributed by atoms with Gasteiger partial charge in [0.15, 0.2) is 5.50 Å². The van der Waals surface area contributed by atoms with Crippen molar-refractivity contribution in [2.45, 2.75) is 5.50 Å². The lowest BCUT2D eigenvalue weighted by molar-refractivity contribution is 0.400. The lowest BCUT2D eigenvalue weighted by Gasteiger charge is -2.22. The molecule has 1 aliphatic rings. The highest BCUT2D eigenvalue weighted by Crippen LogP contribution is 2.33. The molecule has 6 heteroatoms. The SMILES string of the molecule is OC1=C(c2ccc(Cl)cc2)NC(S)N1c1ccc(Cl)cc1. The quantitative estimate of drug-likeness (QED) is 0.705. The van der Waals surface area contributed by atoms with Crippen LogP contribution in [0.5, 0.6) is 0 Å². The topological polar surface area (TPSA) is 35.5 Å². The summed E-state index contributed by atoms with van der Waals surface area (Å²) < 4.78 is 0. The molecule has 0 aliphatic carbocycles. The number of thiol groups is 1. The van der Waals surface area contributed by atoms with E-state index in [-0.39, 0.29) is 11.4 Å². The first kappa shape index (κ1) is 14.4. The van der Waals surface area contributed by atoms with Gasteiger partial charge in [-0.15, -0.1) is 12.6 Å². The van der Waals surface area contributed by atoms with Crippen molar-refractivity contribution in [3.05, 3.63) is 70.0 Å². The Bertz CT molecular complexity index is 686. The Morgan fingerprint density at radius 3 is 2.05 bits per heavy atom. The summed E-state index contributed by atoms with van der Waals surface area (Å²) in [5.74, 6) is 0.111. The monoisotopic (exact) mass is 338 g/mol. The predicted molar refractivity (Wildman–Crippen MR) is 90.8 cm³/mol. The van der Waals surface area contributed by atoms with Crippen molar-refractivity contribution in [3.63, 3.8) is 0 Å². The van der Waals surface area contributed by atoms with Gasteiger partial charge in [-0.1, -0.05) is 35.3 Å². The van der Waals surface area contributed by atoms with Crippen LogP contribution in [0.25, 0.3) is 5.70 Å². The molecule has 0 spiro atoms. The maximum atomic E-state index is 10.5. The summed E-state index contributed by atoms with van der Waals surface area (Å²) in [5.41, 5.74) is 1.89. The van der Waals surface area contributed by atoms with Gasteiger partial charge in [-0.3, -0.25) is 4.90 Å². The van der Waals surface area contributed by atoms with Crippen LogP contribution in [-0.2, 0) is 0 Å². The minimum atomic E-state index is -0.364. The predicted octanol–water partition coefficient (Wildman–Crippen LogP) is 4.50. The van der Waals surface area contributed by atoms with Crippen LogP contribution >= 0.6 is 35.8 Å². The Kier molecular flexibility index (Phi) is 3.93. The average molecular weight is 339 g/mol. The number of halogens is 2. The molecule has 0 amide bonds. The Morgan fingerprint density at radius 2 is 1.48 bits per heavy atom. The molecular formula is C15H12Cl2N2OS. The van der Waals surface area contributed by atoms with Gasteiger partial charge in [0.25, 0.3) is 0 Å². The van der Waals surface area contributed by atoms with E-state index in [1.807, 2.05) is 24.3 Å². The van der Waals surface area contributed by atoms with Crippen molar-refractivity contribution in [2.75, 3.05) is 4.90 Å². The van der Waals surface area contributed by atoms with Crippen LogP contribution in [0.3, 0.4) is 0 Å². The molecule has 2 aromatic rings. The number of nitrogens with one attached hydrogen (secondary N) is 1. The number of anilines is 1. The number of hydrogen-bond acceptors (Lipinski definition) is 4. The summed E-state index contributed by atoms with van der Waals surface area (Å²) in [5, 5.41) is 14.9. The van der Waals surface area contributed by atoms with Gasteiger partial charge in [0, 0.05) is 21.3 Å². The summed E-state index contributed by atoms with van der Waals surface area (Å²) in [6, 6.07) is 14.4. The molecule has 1 aliphatic heterocycles. The van der Waals surface area contributed by atoms with E-state index in [9.17, 15) is 5.11 Å².